The normalized spacial score (nSPS) is 10.7. The van der Waals surface area contributed by atoms with Crippen LogP contribution in [0, 0.1) is 6.92 Å². The Kier molecular flexibility index (Phi) is 6.30. The molecule has 1 aromatic heterocycles. The third-order valence-corrected chi connectivity index (χ3v) is 4.58. The number of nitrogens with one attached hydrogen (secondary N) is 3. The van der Waals surface area contributed by atoms with E-state index < -0.39 is 22.1 Å². The SMILES string of the molecule is COc1nc(C)nc(NC(=O)NS(=O)(=O)c2ccccc2NC(=O)N(C)C)n1. The number of aromatic nitrogens is 3. The van der Waals surface area contributed by atoms with Crippen LogP contribution in [0.3, 0.4) is 0 Å². The molecule has 0 aliphatic carbocycles. The molecule has 150 valence electrons. The fourth-order valence-electron chi connectivity index (χ4n) is 1.94. The fourth-order valence-corrected chi connectivity index (χ4v) is 3.01. The Morgan fingerprint density at radius 2 is 1.75 bits per heavy atom. The second-order valence-corrected chi connectivity index (χ2v) is 7.22. The van der Waals surface area contributed by atoms with Gasteiger partial charge in [-0.15, -0.1) is 0 Å². The molecule has 0 atom stereocenters. The number of urea groups is 2. The molecule has 1 aromatic carbocycles. The van der Waals surface area contributed by atoms with E-state index in [1.807, 2.05) is 4.72 Å². The predicted octanol–water partition coefficient (Wildman–Crippen LogP) is 0.793. The number of amides is 4. The lowest BCUT2D eigenvalue weighted by atomic mass is 10.3. The smallest absolute Gasteiger partial charge is 0.335 e. The minimum atomic E-state index is -4.31. The zero-order valence-electron chi connectivity index (χ0n) is 15.5. The van der Waals surface area contributed by atoms with Crippen LogP contribution >= 0.6 is 0 Å². The van der Waals surface area contributed by atoms with Gasteiger partial charge < -0.3 is 15.0 Å². The molecule has 1 heterocycles. The van der Waals surface area contributed by atoms with E-state index in [9.17, 15) is 18.0 Å². The Labute approximate surface area is 161 Å². The van der Waals surface area contributed by atoms with E-state index in [1.165, 1.54) is 44.3 Å². The van der Waals surface area contributed by atoms with E-state index in [0.717, 1.165) is 0 Å². The van der Waals surface area contributed by atoms with Crippen molar-refractivity contribution in [2.45, 2.75) is 11.8 Å². The maximum atomic E-state index is 12.6. The molecule has 0 bridgehead atoms. The van der Waals surface area contributed by atoms with Gasteiger partial charge in [0.1, 0.15) is 10.7 Å². The molecular formula is C15H19N7O5S. The Hall–Kier alpha value is -3.48. The molecule has 28 heavy (non-hydrogen) atoms. The number of aryl methyl sites for hydroxylation is 1. The van der Waals surface area contributed by atoms with Crippen molar-refractivity contribution in [3.05, 3.63) is 30.1 Å². The maximum absolute atomic E-state index is 12.6. The lowest BCUT2D eigenvalue weighted by Gasteiger charge is -2.15. The van der Waals surface area contributed by atoms with Crippen molar-refractivity contribution >= 4 is 33.7 Å². The molecule has 2 aromatic rings. The zero-order valence-corrected chi connectivity index (χ0v) is 16.4. The van der Waals surface area contributed by atoms with Gasteiger partial charge in [0.2, 0.25) is 5.95 Å². The summed E-state index contributed by atoms with van der Waals surface area (Å²) in [6.07, 6.45) is 0. The highest BCUT2D eigenvalue weighted by Gasteiger charge is 2.23. The number of hydrogen-bond acceptors (Lipinski definition) is 8. The summed E-state index contributed by atoms with van der Waals surface area (Å²) in [5.74, 6) is 0.0768. The van der Waals surface area contributed by atoms with Gasteiger partial charge in [0.15, 0.2) is 0 Å². The van der Waals surface area contributed by atoms with Crippen LogP contribution in [0.5, 0.6) is 6.01 Å². The third-order valence-electron chi connectivity index (χ3n) is 3.19. The van der Waals surface area contributed by atoms with Crippen molar-refractivity contribution in [2.24, 2.45) is 0 Å². The number of sulfonamides is 1. The molecule has 13 heteroatoms. The van der Waals surface area contributed by atoms with Crippen LogP contribution in [0.4, 0.5) is 21.2 Å². The Morgan fingerprint density at radius 3 is 2.39 bits per heavy atom. The van der Waals surface area contributed by atoms with Gasteiger partial charge in [-0.3, -0.25) is 5.32 Å². The van der Waals surface area contributed by atoms with E-state index in [-0.39, 0.29) is 28.4 Å². The first-order valence-corrected chi connectivity index (χ1v) is 9.28. The topological polar surface area (TPSA) is 156 Å². The number of ether oxygens (including phenoxy) is 1. The molecule has 3 N–H and O–H groups in total. The number of anilines is 2. The molecule has 0 aliphatic rings. The summed E-state index contributed by atoms with van der Waals surface area (Å²) in [4.78, 5) is 36.4. The van der Waals surface area contributed by atoms with Crippen LogP contribution in [-0.2, 0) is 10.0 Å². The van der Waals surface area contributed by atoms with Crippen LogP contribution < -0.4 is 20.1 Å². The van der Waals surface area contributed by atoms with E-state index in [4.69, 9.17) is 4.74 Å². The summed E-state index contributed by atoms with van der Waals surface area (Å²) < 4.78 is 31.9. The van der Waals surface area contributed by atoms with E-state index >= 15 is 0 Å². The number of carbonyl (C=O) groups excluding carboxylic acids is 2. The minimum absolute atomic E-state index is 0.0131. The van der Waals surface area contributed by atoms with E-state index in [2.05, 4.69) is 25.6 Å². The third kappa shape index (κ3) is 5.26. The number of methoxy groups -OCH3 is 1. The van der Waals surface area contributed by atoms with Crippen molar-refractivity contribution in [1.82, 2.24) is 24.6 Å². The zero-order chi connectivity index (χ0) is 20.9. The summed E-state index contributed by atoms with van der Waals surface area (Å²) in [5, 5.41) is 4.64. The highest BCUT2D eigenvalue weighted by atomic mass is 32.2. The molecule has 0 aliphatic heterocycles. The molecule has 4 amide bonds. The van der Waals surface area contributed by atoms with E-state index in [1.54, 1.807) is 13.0 Å². The first-order chi connectivity index (χ1) is 13.1. The molecular weight excluding hydrogens is 390 g/mol. The second kappa shape index (κ2) is 8.47. The number of carbonyl (C=O) groups is 2. The Morgan fingerprint density at radius 1 is 1.07 bits per heavy atom. The summed E-state index contributed by atoms with van der Waals surface area (Å²) in [7, 11) is 0.0364. The largest absolute Gasteiger partial charge is 0.467 e. The van der Waals surface area contributed by atoms with Gasteiger partial charge in [0.25, 0.3) is 10.0 Å². The van der Waals surface area contributed by atoms with Crippen LogP contribution in [0.25, 0.3) is 0 Å². The predicted molar refractivity (Wildman–Crippen MR) is 99.6 cm³/mol. The summed E-state index contributed by atoms with van der Waals surface area (Å²) >= 11 is 0. The maximum Gasteiger partial charge on any atom is 0.335 e. The number of benzene rings is 1. The molecule has 0 unspecified atom stereocenters. The number of para-hydroxylation sites is 1. The molecule has 0 saturated carbocycles. The van der Waals surface area contributed by atoms with Gasteiger partial charge in [0.05, 0.1) is 12.8 Å². The number of rotatable bonds is 5. The molecule has 0 spiro atoms. The molecule has 0 fully saturated rings. The quantitative estimate of drug-likeness (QED) is 0.654. The highest BCUT2D eigenvalue weighted by molar-refractivity contribution is 7.90. The van der Waals surface area contributed by atoms with Gasteiger partial charge in [0, 0.05) is 14.1 Å². The van der Waals surface area contributed by atoms with Gasteiger partial charge >= 0.3 is 18.1 Å². The Bertz CT molecular complexity index is 994. The number of hydrogen-bond donors (Lipinski definition) is 3. The van der Waals surface area contributed by atoms with Crippen molar-refractivity contribution in [3.8, 4) is 6.01 Å². The average molecular weight is 409 g/mol. The molecule has 12 nitrogen and oxygen atoms in total. The van der Waals surface area contributed by atoms with Crippen LogP contribution in [0.1, 0.15) is 5.82 Å². The molecule has 2 rings (SSSR count). The van der Waals surface area contributed by atoms with Gasteiger partial charge in [-0.25, -0.2) is 22.7 Å². The van der Waals surface area contributed by atoms with Crippen LogP contribution in [-0.4, -0.2) is 61.5 Å². The lowest BCUT2D eigenvalue weighted by Crippen LogP contribution is -2.36. The first kappa shape index (κ1) is 20.8. The van der Waals surface area contributed by atoms with E-state index in [0.29, 0.717) is 0 Å². The van der Waals surface area contributed by atoms with Gasteiger partial charge in [-0.2, -0.15) is 15.0 Å². The summed E-state index contributed by atoms with van der Waals surface area (Å²) in [6, 6.07) is 3.98. The van der Waals surface area contributed by atoms with Crippen molar-refractivity contribution < 1.29 is 22.7 Å². The fraction of sp³-hybridized carbons (Fsp3) is 0.267. The monoisotopic (exact) mass is 409 g/mol. The minimum Gasteiger partial charge on any atom is -0.467 e. The highest BCUT2D eigenvalue weighted by Crippen LogP contribution is 2.21. The summed E-state index contributed by atoms with van der Waals surface area (Å²) in [6.45, 7) is 1.55. The summed E-state index contributed by atoms with van der Waals surface area (Å²) in [5.41, 5.74) is 0.0131. The van der Waals surface area contributed by atoms with Crippen LogP contribution in [0.15, 0.2) is 29.2 Å². The first-order valence-electron chi connectivity index (χ1n) is 7.80. The second-order valence-electron chi connectivity index (χ2n) is 5.57. The molecule has 0 radical (unpaired) electrons. The van der Waals surface area contributed by atoms with Crippen molar-refractivity contribution in [1.29, 1.82) is 0 Å². The average Bonchev–Trinajstić information content (AvgIpc) is 2.60. The lowest BCUT2D eigenvalue weighted by molar-refractivity contribution is 0.230. The van der Waals surface area contributed by atoms with Gasteiger partial charge in [-0.05, 0) is 19.1 Å². The standard InChI is InChI=1S/C15H19N7O5S/c1-9-16-12(20-14(17-9)27-4)19-13(23)21-28(25,26)11-8-6-5-7-10(11)18-15(24)22(2)3/h5-8H,1-4H3,(H,18,24)(H2,16,17,19,20,21,23). The number of nitrogens with zero attached hydrogens (tertiary/aromatic N) is 4. The van der Waals surface area contributed by atoms with Gasteiger partial charge in [-0.1, -0.05) is 12.1 Å². The molecule has 0 saturated heterocycles. The van der Waals surface area contributed by atoms with Crippen LogP contribution in [0.2, 0.25) is 0 Å². The van der Waals surface area contributed by atoms with Crippen molar-refractivity contribution in [2.75, 3.05) is 31.8 Å². The Balaban J connectivity index is 2.21. The van der Waals surface area contributed by atoms with Crippen molar-refractivity contribution in [3.63, 3.8) is 0 Å².